The van der Waals surface area contributed by atoms with Gasteiger partial charge in [-0.3, -0.25) is 4.79 Å². The van der Waals surface area contributed by atoms with Crippen LogP contribution >= 0.6 is 0 Å². The molecular formula is C18H22N4O. The molecule has 0 atom stereocenters. The number of carbonyl (C=O) groups excluding carboxylic acids is 1. The zero-order valence-corrected chi connectivity index (χ0v) is 13.6. The molecule has 3 rings (SSSR count). The summed E-state index contributed by atoms with van der Waals surface area (Å²) in [6, 6.07) is 9.69. The van der Waals surface area contributed by atoms with Crippen molar-refractivity contribution in [3.05, 3.63) is 47.3 Å². The summed E-state index contributed by atoms with van der Waals surface area (Å²) < 4.78 is 0. The molecule has 1 aliphatic rings. The fourth-order valence-electron chi connectivity index (χ4n) is 2.95. The summed E-state index contributed by atoms with van der Waals surface area (Å²) >= 11 is 0. The zero-order chi connectivity index (χ0) is 16.2. The average molecular weight is 310 g/mol. The van der Waals surface area contributed by atoms with E-state index in [1.165, 1.54) is 12.8 Å². The quantitative estimate of drug-likeness (QED) is 0.907. The monoisotopic (exact) mass is 310 g/mol. The summed E-state index contributed by atoms with van der Waals surface area (Å²) in [6.07, 6.45) is 4.61. The highest BCUT2D eigenvalue weighted by molar-refractivity contribution is 5.94. The van der Waals surface area contributed by atoms with Gasteiger partial charge in [0, 0.05) is 28.7 Å². The summed E-state index contributed by atoms with van der Waals surface area (Å²) in [5, 5.41) is 6.27. The van der Waals surface area contributed by atoms with Gasteiger partial charge < -0.3 is 10.6 Å². The largest absolute Gasteiger partial charge is 0.349 e. The van der Waals surface area contributed by atoms with Crippen LogP contribution in [-0.4, -0.2) is 21.9 Å². The fraction of sp³-hybridized carbons (Fsp3) is 0.389. The number of aromatic nitrogens is 2. The SMILES string of the molecule is Cc1cc(C)nc(Nc2ccc(C(=O)NC3CCCC3)cc2)n1. The van der Waals surface area contributed by atoms with E-state index in [2.05, 4.69) is 20.6 Å². The third-order valence-electron chi connectivity index (χ3n) is 4.08. The van der Waals surface area contributed by atoms with E-state index in [4.69, 9.17) is 0 Å². The van der Waals surface area contributed by atoms with Gasteiger partial charge in [-0.1, -0.05) is 12.8 Å². The van der Waals surface area contributed by atoms with Gasteiger partial charge in [0.1, 0.15) is 0 Å². The van der Waals surface area contributed by atoms with E-state index in [1.54, 1.807) is 0 Å². The molecule has 1 heterocycles. The summed E-state index contributed by atoms with van der Waals surface area (Å²) in [6.45, 7) is 3.88. The van der Waals surface area contributed by atoms with Gasteiger partial charge in [0.15, 0.2) is 0 Å². The van der Waals surface area contributed by atoms with Crippen LogP contribution in [0.25, 0.3) is 0 Å². The minimum absolute atomic E-state index is 0.00565. The summed E-state index contributed by atoms with van der Waals surface area (Å²) in [4.78, 5) is 20.9. The molecule has 2 aromatic rings. The van der Waals surface area contributed by atoms with Crippen molar-refractivity contribution in [3.8, 4) is 0 Å². The minimum atomic E-state index is 0.00565. The van der Waals surface area contributed by atoms with Crippen molar-refractivity contribution in [1.29, 1.82) is 0 Å². The van der Waals surface area contributed by atoms with Gasteiger partial charge in [0.2, 0.25) is 5.95 Å². The molecule has 1 aromatic heterocycles. The van der Waals surface area contributed by atoms with Crippen molar-refractivity contribution in [2.75, 3.05) is 5.32 Å². The smallest absolute Gasteiger partial charge is 0.251 e. The highest BCUT2D eigenvalue weighted by Crippen LogP contribution is 2.19. The lowest BCUT2D eigenvalue weighted by Gasteiger charge is -2.12. The number of nitrogens with zero attached hydrogens (tertiary/aromatic N) is 2. The van der Waals surface area contributed by atoms with Crippen LogP contribution in [0, 0.1) is 13.8 Å². The van der Waals surface area contributed by atoms with E-state index in [0.717, 1.165) is 29.9 Å². The number of benzene rings is 1. The van der Waals surface area contributed by atoms with Gasteiger partial charge in [-0.05, 0) is 57.0 Å². The van der Waals surface area contributed by atoms with Gasteiger partial charge in [-0.25, -0.2) is 9.97 Å². The number of carbonyl (C=O) groups is 1. The topological polar surface area (TPSA) is 66.9 Å². The Hall–Kier alpha value is -2.43. The molecule has 1 amide bonds. The maximum Gasteiger partial charge on any atom is 0.251 e. The number of hydrogen-bond donors (Lipinski definition) is 2. The molecule has 0 saturated heterocycles. The van der Waals surface area contributed by atoms with Crippen LogP contribution in [0.15, 0.2) is 30.3 Å². The third kappa shape index (κ3) is 4.06. The van der Waals surface area contributed by atoms with Gasteiger partial charge in [-0.2, -0.15) is 0 Å². The second-order valence-electron chi connectivity index (χ2n) is 6.13. The second-order valence-corrected chi connectivity index (χ2v) is 6.13. The Kier molecular flexibility index (Phi) is 4.55. The molecule has 1 aromatic carbocycles. The van der Waals surface area contributed by atoms with Gasteiger partial charge in [0.25, 0.3) is 5.91 Å². The standard InChI is InChI=1S/C18H22N4O/c1-12-11-13(2)20-18(19-12)22-16-9-7-14(8-10-16)17(23)21-15-5-3-4-6-15/h7-11,15H,3-6H2,1-2H3,(H,21,23)(H,19,20,22). The molecule has 0 bridgehead atoms. The molecule has 0 radical (unpaired) electrons. The first-order valence-electron chi connectivity index (χ1n) is 8.10. The summed E-state index contributed by atoms with van der Waals surface area (Å²) in [7, 11) is 0. The van der Waals surface area contributed by atoms with Crippen molar-refractivity contribution < 1.29 is 4.79 Å². The Balaban J connectivity index is 1.65. The molecule has 2 N–H and O–H groups in total. The molecule has 1 aliphatic carbocycles. The van der Waals surface area contributed by atoms with E-state index in [0.29, 0.717) is 17.6 Å². The molecule has 5 nitrogen and oxygen atoms in total. The van der Waals surface area contributed by atoms with Crippen LogP contribution in [0.1, 0.15) is 47.4 Å². The predicted octanol–water partition coefficient (Wildman–Crippen LogP) is 3.51. The summed E-state index contributed by atoms with van der Waals surface area (Å²) in [5.41, 5.74) is 3.40. The fourth-order valence-corrected chi connectivity index (χ4v) is 2.95. The molecule has 0 unspecified atom stereocenters. The van der Waals surface area contributed by atoms with Crippen LogP contribution in [0.4, 0.5) is 11.6 Å². The van der Waals surface area contributed by atoms with E-state index in [-0.39, 0.29) is 5.91 Å². The highest BCUT2D eigenvalue weighted by Gasteiger charge is 2.17. The first kappa shape index (κ1) is 15.5. The van der Waals surface area contributed by atoms with E-state index >= 15 is 0 Å². The van der Waals surface area contributed by atoms with E-state index in [1.807, 2.05) is 44.2 Å². The number of amides is 1. The molecule has 120 valence electrons. The second kappa shape index (κ2) is 6.77. The molecule has 0 aliphatic heterocycles. The number of anilines is 2. The first-order valence-corrected chi connectivity index (χ1v) is 8.10. The van der Waals surface area contributed by atoms with Crippen molar-refractivity contribution in [1.82, 2.24) is 15.3 Å². The number of rotatable bonds is 4. The van der Waals surface area contributed by atoms with E-state index in [9.17, 15) is 4.79 Å². The highest BCUT2D eigenvalue weighted by atomic mass is 16.1. The Morgan fingerprint density at radius 1 is 1.04 bits per heavy atom. The lowest BCUT2D eigenvalue weighted by Crippen LogP contribution is -2.32. The van der Waals surface area contributed by atoms with Crippen molar-refractivity contribution >= 4 is 17.5 Å². The molecule has 1 fully saturated rings. The predicted molar refractivity (Wildman–Crippen MR) is 91.0 cm³/mol. The van der Waals surface area contributed by atoms with Crippen LogP contribution in [0.2, 0.25) is 0 Å². The van der Waals surface area contributed by atoms with Crippen molar-refractivity contribution in [2.45, 2.75) is 45.6 Å². The maximum absolute atomic E-state index is 12.2. The van der Waals surface area contributed by atoms with Gasteiger partial charge in [-0.15, -0.1) is 0 Å². The minimum Gasteiger partial charge on any atom is -0.349 e. The van der Waals surface area contributed by atoms with Crippen molar-refractivity contribution in [3.63, 3.8) is 0 Å². The molecule has 0 spiro atoms. The van der Waals surface area contributed by atoms with Gasteiger partial charge in [0.05, 0.1) is 0 Å². The third-order valence-corrected chi connectivity index (χ3v) is 4.08. The molecular weight excluding hydrogens is 288 g/mol. The normalized spacial score (nSPS) is 14.7. The van der Waals surface area contributed by atoms with Crippen molar-refractivity contribution in [2.24, 2.45) is 0 Å². The first-order chi connectivity index (χ1) is 11.1. The zero-order valence-electron chi connectivity index (χ0n) is 13.6. The Bertz CT molecular complexity index is 670. The van der Waals surface area contributed by atoms with Crippen LogP contribution < -0.4 is 10.6 Å². The molecule has 5 heteroatoms. The number of aryl methyl sites for hydroxylation is 2. The van der Waals surface area contributed by atoms with Crippen LogP contribution in [0.5, 0.6) is 0 Å². The lowest BCUT2D eigenvalue weighted by molar-refractivity contribution is 0.0938. The van der Waals surface area contributed by atoms with E-state index < -0.39 is 0 Å². The Morgan fingerprint density at radius 3 is 2.26 bits per heavy atom. The lowest BCUT2D eigenvalue weighted by atomic mass is 10.1. The Labute approximate surface area is 136 Å². The Morgan fingerprint density at radius 2 is 1.65 bits per heavy atom. The molecule has 1 saturated carbocycles. The molecule has 23 heavy (non-hydrogen) atoms. The maximum atomic E-state index is 12.2. The van der Waals surface area contributed by atoms with Crippen LogP contribution in [0.3, 0.4) is 0 Å². The summed E-state index contributed by atoms with van der Waals surface area (Å²) in [5.74, 6) is 0.580. The van der Waals surface area contributed by atoms with Gasteiger partial charge >= 0.3 is 0 Å². The average Bonchev–Trinajstić information content (AvgIpc) is 3.00. The number of nitrogens with one attached hydrogen (secondary N) is 2. The number of hydrogen-bond acceptors (Lipinski definition) is 4. The van der Waals surface area contributed by atoms with Crippen LogP contribution in [-0.2, 0) is 0 Å².